The highest BCUT2D eigenvalue weighted by Crippen LogP contribution is 2.31. The fourth-order valence-corrected chi connectivity index (χ4v) is 2.55. The maximum absolute atomic E-state index is 13.5. The molecule has 0 spiro atoms. The van der Waals surface area contributed by atoms with E-state index in [0.29, 0.717) is 30.5 Å². The molecule has 0 aliphatic carbocycles. The number of carbonyl (C=O) groups excluding carboxylic acids is 1. The predicted molar refractivity (Wildman–Crippen MR) is 97.6 cm³/mol. The Balaban J connectivity index is 2.21. The van der Waals surface area contributed by atoms with E-state index in [1.807, 2.05) is 39.0 Å². The molecule has 140 valence electrons. The molecule has 1 atom stereocenters. The van der Waals surface area contributed by atoms with E-state index in [2.05, 4.69) is 5.32 Å². The lowest BCUT2D eigenvalue weighted by Gasteiger charge is -2.18. The molecular weight excluding hydrogens is 337 g/mol. The summed E-state index contributed by atoms with van der Waals surface area (Å²) < 4.78 is 29.8. The average Bonchev–Trinajstić information content (AvgIpc) is 2.63. The van der Waals surface area contributed by atoms with E-state index in [4.69, 9.17) is 14.2 Å². The minimum Gasteiger partial charge on any atom is -0.496 e. The van der Waals surface area contributed by atoms with Crippen LogP contribution in [-0.4, -0.2) is 26.2 Å². The maximum Gasteiger partial charge on any atom is 0.255 e. The molecule has 0 heterocycles. The van der Waals surface area contributed by atoms with Gasteiger partial charge in [0.05, 0.1) is 31.9 Å². The molecule has 2 aromatic rings. The van der Waals surface area contributed by atoms with Gasteiger partial charge in [0.25, 0.3) is 5.91 Å². The number of amides is 1. The quantitative estimate of drug-likeness (QED) is 0.768. The molecule has 5 nitrogen and oxygen atoms in total. The summed E-state index contributed by atoms with van der Waals surface area (Å²) >= 11 is 0. The molecule has 2 aromatic carbocycles. The van der Waals surface area contributed by atoms with Crippen molar-refractivity contribution in [2.75, 3.05) is 20.3 Å². The van der Waals surface area contributed by atoms with Crippen LogP contribution in [0.3, 0.4) is 0 Å². The highest BCUT2D eigenvalue weighted by Gasteiger charge is 2.18. The summed E-state index contributed by atoms with van der Waals surface area (Å²) in [5.74, 6) is 0.682. The third-order valence-electron chi connectivity index (χ3n) is 3.82. The van der Waals surface area contributed by atoms with E-state index in [1.54, 1.807) is 0 Å². The first-order chi connectivity index (χ1) is 12.5. The van der Waals surface area contributed by atoms with Crippen molar-refractivity contribution in [3.63, 3.8) is 0 Å². The van der Waals surface area contributed by atoms with Crippen LogP contribution in [0.2, 0.25) is 0 Å². The third-order valence-corrected chi connectivity index (χ3v) is 3.82. The molecule has 1 amide bonds. The Morgan fingerprint density at radius 3 is 2.35 bits per heavy atom. The first-order valence-corrected chi connectivity index (χ1v) is 8.54. The number of hydrogen-bond acceptors (Lipinski definition) is 4. The van der Waals surface area contributed by atoms with E-state index < -0.39 is 11.7 Å². The number of nitrogens with one attached hydrogen (secondary N) is 1. The molecule has 0 fully saturated rings. The van der Waals surface area contributed by atoms with Crippen LogP contribution in [0.25, 0.3) is 0 Å². The molecule has 0 saturated carbocycles. The number of ether oxygens (including phenoxy) is 3. The van der Waals surface area contributed by atoms with Crippen molar-refractivity contribution in [1.29, 1.82) is 0 Å². The van der Waals surface area contributed by atoms with Crippen LogP contribution in [0, 0.1) is 5.82 Å². The second kappa shape index (κ2) is 9.08. The van der Waals surface area contributed by atoms with Crippen molar-refractivity contribution >= 4 is 5.91 Å². The van der Waals surface area contributed by atoms with Crippen molar-refractivity contribution in [1.82, 2.24) is 5.32 Å². The summed E-state index contributed by atoms with van der Waals surface area (Å²) in [6.45, 7) is 6.67. The number of methoxy groups -OCH3 is 1. The molecule has 0 radical (unpaired) electrons. The van der Waals surface area contributed by atoms with E-state index in [0.717, 1.165) is 11.6 Å². The number of benzene rings is 2. The SMILES string of the molecule is CCOc1ccc(C(C)NC(=O)c2cc(F)ccc2OC)cc1OCC. The molecule has 2 rings (SSSR count). The monoisotopic (exact) mass is 361 g/mol. The number of hydrogen-bond donors (Lipinski definition) is 1. The first-order valence-electron chi connectivity index (χ1n) is 8.54. The van der Waals surface area contributed by atoms with E-state index in [-0.39, 0.29) is 11.6 Å². The second-order valence-electron chi connectivity index (χ2n) is 5.61. The highest BCUT2D eigenvalue weighted by atomic mass is 19.1. The topological polar surface area (TPSA) is 56.8 Å². The maximum atomic E-state index is 13.5. The van der Waals surface area contributed by atoms with Crippen molar-refractivity contribution in [3.05, 3.63) is 53.3 Å². The van der Waals surface area contributed by atoms with Gasteiger partial charge < -0.3 is 19.5 Å². The zero-order chi connectivity index (χ0) is 19.1. The fourth-order valence-electron chi connectivity index (χ4n) is 2.55. The van der Waals surface area contributed by atoms with E-state index >= 15 is 0 Å². The molecule has 0 saturated heterocycles. The summed E-state index contributed by atoms with van der Waals surface area (Å²) in [5.41, 5.74) is 0.996. The summed E-state index contributed by atoms with van der Waals surface area (Å²) in [6.07, 6.45) is 0. The Morgan fingerprint density at radius 2 is 1.69 bits per heavy atom. The van der Waals surface area contributed by atoms with Gasteiger partial charge in [0, 0.05) is 0 Å². The Morgan fingerprint density at radius 1 is 1.04 bits per heavy atom. The van der Waals surface area contributed by atoms with Crippen LogP contribution in [0.4, 0.5) is 4.39 Å². The summed E-state index contributed by atoms with van der Waals surface area (Å²) in [4.78, 5) is 12.5. The molecule has 0 aromatic heterocycles. The fraction of sp³-hybridized carbons (Fsp3) is 0.350. The van der Waals surface area contributed by atoms with Crippen LogP contribution in [0.1, 0.15) is 42.7 Å². The zero-order valence-corrected chi connectivity index (χ0v) is 15.5. The molecular formula is C20H24FNO4. The molecule has 0 bridgehead atoms. The van der Waals surface area contributed by atoms with Crippen LogP contribution >= 0.6 is 0 Å². The molecule has 26 heavy (non-hydrogen) atoms. The lowest BCUT2D eigenvalue weighted by atomic mass is 10.1. The normalized spacial score (nSPS) is 11.6. The second-order valence-corrected chi connectivity index (χ2v) is 5.61. The number of halogens is 1. The minimum atomic E-state index is -0.497. The van der Waals surface area contributed by atoms with Gasteiger partial charge in [-0.15, -0.1) is 0 Å². The standard InChI is InChI=1S/C20H24FNO4/c1-5-25-18-9-7-14(11-19(18)26-6-2)13(3)22-20(23)16-12-15(21)8-10-17(16)24-4/h7-13H,5-6H2,1-4H3,(H,22,23). The predicted octanol–water partition coefficient (Wildman–Crippen LogP) is 4.12. The lowest BCUT2D eigenvalue weighted by Crippen LogP contribution is -2.27. The zero-order valence-electron chi connectivity index (χ0n) is 15.5. The Kier molecular flexibility index (Phi) is 6.83. The number of rotatable bonds is 8. The summed E-state index contributed by atoms with van der Waals surface area (Å²) in [5, 5.41) is 2.85. The van der Waals surface area contributed by atoms with Gasteiger partial charge in [0.1, 0.15) is 11.6 Å². The van der Waals surface area contributed by atoms with Gasteiger partial charge in [0.15, 0.2) is 11.5 Å². The smallest absolute Gasteiger partial charge is 0.255 e. The van der Waals surface area contributed by atoms with Gasteiger partial charge in [-0.05, 0) is 56.7 Å². The lowest BCUT2D eigenvalue weighted by molar-refractivity contribution is 0.0936. The van der Waals surface area contributed by atoms with Gasteiger partial charge in [-0.1, -0.05) is 6.07 Å². The molecule has 1 N–H and O–H groups in total. The average molecular weight is 361 g/mol. The van der Waals surface area contributed by atoms with Crippen molar-refractivity contribution in [3.8, 4) is 17.2 Å². The molecule has 1 unspecified atom stereocenters. The van der Waals surface area contributed by atoms with Gasteiger partial charge in [-0.3, -0.25) is 4.79 Å². The van der Waals surface area contributed by atoms with Crippen LogP contribution in [-0.2, 0) is 0 Å². The van der Waals surface area contributed by atoms with Gasteiger partial charge in [0.2, 0.25) is 0 Å². The number of carbonyl (C=O) groups is 1. The van der Waals surface area contributed by atoms with Crippen molar-refractivity contribution < 1.29 is 23.4 Å². The van der Waals surface area contributed by atoms with E-state index in [1.165, 1.54) is 19.2 Å². The molecule has 0 aliphatic rings. The highest BCUT2D eigenvalue weighted by molar-refractivity contribution is 5.97. The van der Waals surface area contributed by atoms with Crippen LogP contribution < -0.4 is 19.5 Å². The summed E-state index contributed by atoms with van der Waals surface area (Å²) in [6, 6.07) is 9.04. The van der Waals surface area contributed by atoms with Gasteiger partial charge in [-0.25, -0.2) is 4.39 Å². The summed E-state index contributed by atoms with van der Waals surface area (Å²) in [7, 11) is 1.44. The molecule has 0 aliphatic heterocycles. The first kappa shape index (κ1) is 19.6. The Labute approximate surface area is 153 Å². The third kappa shape index (κ3) is 4.65. The Bertz CT molecular complexity index is 763. The van der Waals surface area contributed by atoms with Crippen molar-refractivity contribution in [2.24, 2.45) is 0 Å². The minimum absolute atomic E-state index is 0.148. The van der Waals surface area contributed by atoms with Gasteiger partial charge in [-0.2, -0.15) is 0 Å². The largest absolute Gasteiger partial charge is 0.496 e. The molecule has 6 heteroatoms. The van der Waals surface area contributed by atoms with Crippen LogP contribution in [0.5, 0.6) is 17.2 Å². The van der Waals surface area contributed by atoms with Crippen molar-refractivity contribution in [2.45, 2.75) is 26.8 Å². The Hall–Kier alpha value is -2.76. The van der Waals surface area contributed by atoms with Gasteiger partial charge >= 0.3 is 0 Å². The van der Waals surface area contributed by atoms with E-state index in [9.17, 15) is 9.18 Å². The van der Waals surface area contributed by atoms with Crippen LogP contribution in [0.15, 0.2) is 36.4 Å².